The molecule has 0 radical (unpaired) electrons. The quantitative estimate of drug-likeness (QED) is 0.762. The van der Waals surface area contributed by atoms with E-state index in [1.165, 1.54) is 16.7 Å². The fraction of sp³-hybridized carbons (Fsp3) is 0.294. The molecule has 2 aromatic rings. The van der Waals surface area contributed by atoms with Crippen LogP contribution in [-0.2, 0) is 9.47 Å². The van der Waals surface area contributed by atoms with Gasteiger partial charge >= 0.3 is 0 Å². The fourth-order valence-corrected chi connectivity index (χ4v) is 2.24. The van der Waals surface area contributed by atoms with Crippen LogP contribution in [0.5, 0.6) is 0 Å². The second kappa shape index (κ2) is 5.55. The van der Waals surface area contributed by atoms with E-state index in [1.807, 2.05) is 6.07 Å². The van der Waals surface area contributed by atoms with E-state index >= 15 is 0 Å². The first-order valence-corrected chi connectivity index (χ1v) is 6.68. The summed E-state index contributed by atoms with van der Waals surface area (Å²) in [5, 5.41) is 0. The highest BCUT2D eigenvalue weighted by Crippen LogP contribution is 2.29. The number of rotatable bonds is 5. The zero-order valence-electron chi connectivity index (χ0n) is 11.1. The lowest BCUT2D eigenvalue weighted by Gasteiger charge is -2.20. The Hall–Kier alpha value is -1.64. The lowest BCUT2D eigenvalue weighted by atomic mass is 9.97. The molecule has 0 amide bonds. The maximum Gasteiger partial charge on any atom is 0.108 e. The van der Waals surface area contributed by atoms with Crippen molar-refractivity contribution in [2.45, 2.75) is 19.1 Å². The van der Waals surface area contributed by atoms with Gasteiger partial charge in [0, 0.05) is 0 Å². The summed E-state index contributed by atoms with van der Waals surface area (Å²) < 4.78 is 11.3. The highest BCUT2D eigenvalue weighted by atomic mass is 16.6. The topological polar surface area (TPSA) is 21.8 Å². The molecule has 0 bridgehead atoms. The van der Waals surface area contributed by atoms with Crippen molar-refractivity contribution in [2.75, 3.05) is 13.2 Å². The molecule has 2 aromatic carbocycles. The molecule has 1 aliphatic heterocycles. The SMILES string of the molecule is Cc1ccccc1[C@@H](OC[C@@H]1CO1)c1ccccc1. The summed E-state index contributed by atoms with van der Waals surface area (Å²) in [6, 6.07) is 18.8. The minimum Gasteiger partial charge on any atom is -0.371 e. The number of hydrogen-bond donors (Lipinski definition) is 0. The molecular weight excluding hydrogens is 236 g/mol. The molecule has 0 aromatic heterocycles. The first-order chi connectivity index (χ1) is 9.34. The molecule has 3 rings (SSSR count). The van der Waals surface area contributed by atoms with E-state index in [9.17, 15) is 0 Å². The number of benzene rings is 2. The lowest BCUT2D eigenvalue weighted by Crippen LogP contribution is -2.11. The molecule has 1 aliphatic rings. The maximum absolute atomic E-state index is 6.09. The lowest BCUT2D eigenvalue weighted by molar-refractivity contribution is 0.0668. The van der Waals surface area contributed by atoms with Gasteiger partial charge in [-0.2, -0.15) is 0 Å². The van der Waals surface area contributed by atoms with Crippen LogP contribution in [0.3, 0.4) is 0 Å². The molecule has 0 saturated carbocycles. The van der Waals surface area contributed by atoms with Crippen molar-refractivity contribution >= 4 is 0 Å². The minimum atomic E-state index is -0.00778. The molecule has 0 N–H and O–H groups in total. The Kier molecular flexibility index (Phi) is 3.62. The van der Waals surface area contributed by atoms with Crippen molar-refractivity contribution in [1.29, 1.82) is 0 Å². The van der Waals surface area contributed by atoms with Gasteiger partial charge in [-0.1, -0.05) is 54.6 Å². The predicted molar refractivity (Wildman–Crippen MR) is 75.2 cm³/mol. The van der Waals surface area contributed by atoms with Crippen molar-refractivity contribution in [2.24, 2.45) is 0 Å². The average molecular weight is 254 g/mol. The van der Waals surface area contributed by atoms with Gasteiger partial charge in [-0.25, -0.2) is 0 Å². The van der Waals surface area contributed by atoms with Crippen LogP contribution >= 0.6 is 0 Å². The molecule has 1 saturated heterocycles. The standard InChI is InChI=1S/C17H18O2/c1-13-7-5-6-10-16(13)17(19-12-15-11-18-15)14-8-3-2-4-9-14/h2-10,15,17H,11-12H2,1H3/t15-,17-/m0/s1. The van der Waals surface area contributed by atoms with Crippen molar-refractivity contribution in [3.05, 3.63) is 71.3 Å². The van der Waals surface area contributed by atoms with Gasteiger partial charge in [-0.05, 0) is 23.6 Å². The Morgan fingerprint density at radius 2 is 1.79 bits per heavy atom. The van der Waals surface area contributed by atoms with E-state index in [-0.39, 0.29) is 12.2 Å². The Bertz CT molecular complexity index is 532. The van der Waals surface area contributed by atoms with Crippen LogP contribution in [0.4, 0.5) is 0 Å². The average Bonchev–Trinajstić information content (AvgIpc) is 3.26. The molecule has 0 unspecified atom stereocenters. The summed E-state index contributed by atoms with van der Waals surface area (Å²) >= 11 is 0. The first kappa shape index (κ1) is 12.4. The molecule has 2 atom stereocenters. The van der Waals surface area contributed by atoms with E-state index in [1.54, 1.807) is 0 Å². The molecule has 19 heavy (non-hydrogen) atoms. The largest absolute Gasteiger partial charge is 0.371 e. The summed E-state index contributed by atoms with van der Waals surface area (Å²) in [5.41, 5.74) is 3.68. The van der Waals surface area contributed by atoms with E-state index in [0.29, 0.717) is 6.61 Å². The van der Waals surface area contributed by atoms with Gasteiger partial charge in [-0.15, -0.1) is 0 Å². The minimum absolute atomic E-state index is 0.00778. The summed E-state index contributed by atoms with van der Waals surface area (Å²) in [6.07, 6.45) is 0.279. The number of ether oxygens (including phenoxy) is 2. The van der Waals surface area contributed by atoms with E-state index < -0.39 is 0 Å². The summed E-state index contributed by atoms with van der Waals surface area (Å²) in [7, 11) is 0. The zero-order valence-corrected chi connectivity index (χ0v) is 11.1. The van der Waals surface area contributed by atoms with Crippen LogP contribution in [0, 0.1) is 6.92 Å². The van der Waals surface area contributed by atoms with E-state index in [4.69, 9.17) is 9.47 Å². The normalized spacial score (nSPS) is 19.1. The van der Waals surface area contributed by atoms with Crippen LogP contribution in [0.2, 0.25) is 0 Å². The zero-order chi connectivity index (χ0) is 13.1. The Balaban J connectivity index is 1.89. The maximum atomic E-state index is 6.09. The number of hydrogen-bond acceptors (Lipinski definition) is 2. The fourth-order valence-electron chi connectivity index (χ4n) is 2.24. The molecule has 2 nitrogen and oxygen atoms in total. The van der Waals surface area contributed by atoms with Crippen LogP contribution < -0.4 is 0 Å². The summed E-state index contributed by atoms with van der Waals surface area (Å²) in [4.78, 5) is 0. The smallest absolute Gasteiger partial charge is 0.108 e. The third-order valence-corrected chi connectivity index (χ3v) is 3.42. The Morgan fingerprint density at radius 1 is 1.11 bits per heavy atom. The highest BCUT2D eigenvalue weighted by Gasteiger charge is 2.25. The van der Waals surface area contributed by atoms with Gasteiger partial charge in [-0.3, -0.25) is 0 Å². The summed E-state index contributed by atoms with van der Waals surface area (Å²) in [5.74, 6) is 0. The van der Waals surface area contributed by atoms with Crippen LogP contribution in [0.1, 0.15) is 22.8 Å². The Morgan fingerprint density at radius 3 is 2.47 bits per heavy atom. The molecular formula is C17H18O2. The van der Waals surface area contributed by atoms with E-state index in [0.717, 1.165) is 6.61 Å². The molecule has 1 fully saturated rings. The molecule has 0 aliphatic carbocycles. The molecule has 1 heterocycles. The molecule has 2 heteroatoms. The predicted octanol–water partition coefficient (Wildman–Crippen LogP) is 3.50. The van der Waals surface area contributed by atoms with Crippen molar-refractivity contribution in [3.8, 4) is 0 Å². The van der Waals surface area contributed by atoms with Gasteiger partial charge in [0.25, 0.3) is 0 Å². The number of aryl methyl sites for hydroxylation is 1. The third-order valence-electron chi connectivity index (χ3n) is 3.42. The van der Waals surface area contributed by atoms with Gasteiger partial charge in [0.05, 0.1) is 13.2 Å². The van der Waals surface area contributed by atoms with E-state index in [2.05, 4.69) is 55.5 Å². The molecule has 0 spiro atoms. The van der Waals surface area contributed by atoms with Crippen molar-refractivity contribution < 1.29 is 9.47 Å². The van der Waals surface area contributed by atoms with Gasteiger partial charge < -0.3 is 9.47 Å². The second-order valence-corrected chi connectivity index (χ2v) is 4.94. The Labute approximate surface area is 114 Å². The number of epoxide rings is 1. The third kappa shape index (κ3) is 3.03. The monoisotopic (exact) mass is 254 g/mol. The van der Waals surface area contributed by atoms with Crippen LogP contribution in [0.15, 0.2) is 54.6 Å². The summed E-state index contributed by atoms with van der Waals surface area (Å²) in [6.45, 7) is 3.62. The van der Waals surface area contributed by atoms with Crippen molar-refractivity contribution in [1.82, 2.24) is 0 Å². The second-order valence-electron chi connectivity index (χ2n) is 4.94. The molecule has 98 valence electrons. The van der Waals surface area contributed by atoms with Gasteiger partial charge in [0.2, 0.25) is 0 Å². The first-order valence-electron chi connectivity index (χ1n) is 6.68. The van der Waals surface area contributed by atoms with Gasteiger partial charge in [0.15, 0.2) is 0 Å². The van der Waals surface area contributed by atoms with Crippen LogP contribution in [0.25, 0.3) is 0 Å². The van der Waals surface area contributed by atoms with Gasteiger partial charge in [0.1, 0.15) is 12.2 Å². The van der Waals surface area contributed by atoms with Crippen molar-refractivity contribution in [3.63, 3.8) is 0 Å². The van der Waals surface area contributed by atoms with Crippen LogP contribution in [-0.4, -0.2) is 19.3 Å². The highest BCUT2D eigenvalue weighted by molar-refractivity contribution is 5.35.